The molecule has 0 spiro atoms. The number of nitrogens with zero attached hydrogens (tertiary/aromatic N) is 6. The lowest BCUT2D eigenvalue weighted by Gasteiger charge is -2.10. The molecule has 0 fully saturated rings. The van der Waals surface area contributed by atoms with Crippen molar-refractivity contribution in [1.29, 1.82) is 0 Å². The van der Waals surface area contributed by atoms with E-state index in [1.807, 2.05) is 73.6 Å². The predicted octanol–water partition coefficient (Wildman–Crippen LogP) is 7.83. The van der Waals surface area contributed by atoms with Crippen molar-refractivity contribution in [2.75, 3.05) is 0 Å². The second kappa shape index (κ2) is 13.2. The Labute approximate surface area is 262 Å². The Balaban J connectivity index is 1.20. The van der Waals surface area contributed by atoms with E-state index in [4.69, 9.17) is 15.0 Å². The summed E-state index contributed by atoms with van der Waals surface area (Å²) in [6, 6.07) is 37.7. The number of hydrogen-bond acceptors (Lipinski definition) is 6. The third kappa shape index (κ3) is 7.03. The third-order valence-electron chi connectivity index (χ3n) is 7.74. The molecule has 0 atom stereocenters. The van der Waals surface area contributed by atoms with Crippen molar-refractivity contribution in [3.63, 3.8) is 0 Å². The second-order valence-corrected chi connectivity index (χ2v) is 11.0. The molecule has 6 heteroatoms. The van der Waals surface area contributed by atoms with Gasteiger partial charge in [0.2, 0.25) is 0 Å². The predicted molar refractivity (Wildman–Crippen MR) is 177 cm³/mol. The Morgan fingerprint density at radius 1 is 0.267 bits per heavy atom. The van der Waals surface area contributed by atoms with Crippen LogP contribution in [0.15, 0.2) is 146 Å². The highest BCUT2D eigenvalue weighted by Gasteiger charge is 2.13. The minimum absolute atomic E-state index is 0.646. The molecule has 0 aliphatic heterocycles. The first-order valence-corrected chi connectivity index (χ1v) is 15.0. The van der Waals surface area contributed by atoms with Crippen molar-refractivity contribution in [2.45, 2.75) is 19.3 Å². The van der Waals surface area contributed by atoms with Gasteiger partial charge in [0, 0.05) is 53.9 Å². The first kappa shape index (κ1) is 27.9. The fourth-order valence-electron chi connectivity index (χ4n) is 5.29. The first-order valence-electron chi connectivity index (χ1n) is 15.0. The zero-order valence-corrected chi connectivity index (χ0v) is 24.7. The maximum atomic E-state index is 4.96. The zero-order chi connectivity index (χ0) is 30.3. The lowest BCUT2D eigenvalue weighted by molar-refractivity contribution is 1.07. The van der Waals surface area contributed by atoms with E-state index in [0.29, 0.717) is 17.5 Å². The molecule has 4 heterocycles. The Morgan fingerprint density at radius 3 is 0.733 bits per heavy atom. The van der Waals surface area contributed by atoms with Crippen molar-refractivity contribution in [3.05, 3.63) is 180 Å². The van der Waals surface area contributed by atoms with Gasteiger partial charge in [-0.3, -0.25) is 15.0 Å². The van der Waals surface area contributed by atoms with E-state index in [1.54, 1.807) is 0 Å². The van der Waals surface area contributed by atoms with Gasteiger partial charge in [0.05, 0.1) is 0 Å². The highest BCUT2D eigenvalue weighted by molar-refractivity contribution is 5.67. The van der Waals surface area contributed by atoms with Crippen molar-refractivity contribution < 1.29 is 0 Å². The molecule has 0 N–H and O–H groups in total. The highest BCUT2D eigenvalue weighted by Crippen LogP contribution is 2.26. The lowest BCUT2D eigenvalue weighted by Crippen LogP contribution is -2.01. The second-order valence-electron chi connectivity index (χ2n) is 11.0. The van der Waals surface area contributed by atoms with E-state index in [9.17, 15) is 0 Å². The van der Waals surface area contributed by atoms with Crippen LogP contribution in [0.5, 0.6) is 0 Å². The number of pyridine rings is 3. The molecule has 7 aromatic rings. The molecule has 0 radical (unpaired) electrons. The largest absolute Gasteiger partial charge is 0.265 e. The summed E-state index contributed by atoms with van der Waals surface area (Å²) in [6.07, 6.45) is 13.5. The van der Waals surface area contributed by atoms with Crippen molar-refractivity contribution in [2.24, 2.45) is 0 Å². The summed E-state index contributed by atoms with van der Waals surface area (Å²) < 4.78 is 0. The van der Waals surface area contributed by atoms with Crippen LogP contribution in [-0.4, -0.2) is 29.9 Å². The minimum Gasteiger partial charge on any atom is -0.265 e. The smallest absolute Gasteiger partial charge is 0.164 e. The van der Waals surface area contributed by atoms with E-state index in [0.717, 1.165) is 36.0 Å². The molecule has 0 unspecified atom stereocenters. The molecule has 0 aliphatic rings. The van der Waals surface area contributed by atoms with Gasteiger partial charge in [0.1, 0.15) is 0 Å². The summed E-state index contributed by atoms with van der Waals surface area (Å²) in [5.41, 5.74) is 10.2. The number of aromatic nitrogens is 6. The Kier molecular flexibility index (Phi) is 8.18. The zero-order valence-electron chi connectivity index (χ0n) is 24.7. The van der Waals surface area contributed by atoms with Crippen molar-refractivity contribution in [3.8, 4) is 34.2 Å². The standard InChI is InChI=1S/C39H30N6/c1-7-34(8-2-28(1)25-31-13-19-40-20-14-31)37-43-38(35-9-3-29(4-10-35)26-32-15-21-41-22-16-32)45-39(44-37)36-11-5-30(6-12-36)27-33-17-23-42-24-18-33/h1-24H,25-27H2. The van der Waals surface area contributed by atoms with Crippen LogP contribution in [0.25, 0.3) is 34.2 Å². The van der Waals surface area contributed by atoms with Gasteiger partial charge in [-0.1, -0.05) is 72.8 Å². The van der Waals surface area contributed by atoms with Gasteiger partial charge < -0.3 is 0 Å². The fraction of sp³-hybridized carbons (Fsp3) is 0.0769. The average Bonchev–Trinajstić information content (AvgIpc) is 3.10. The monoisotopic (exact) mass is 582 g/mol. The molecule has 0 bridgehead atoms. The van der Waals surface area contributed by atoms with Crippen LogP contribution >= 0.6 is 0 Å². The quantitative estimate of drug-likeness (QED) is 0.173. The normalized spacial score (nSPS) is 10.9. The Hall–Kier alpha value is -5.88. The van der Waals surface area contributed by atoms with Gasteiger partial charge in [-0.05, 0) is 89.0 Å². The van der Waals surface area contributed by atoms with Crippen LogP contribution in [0.2, 0.25) is 0 Å². The van der Waals surface area contributed by atoms with Crippen LogP contribution in [0.4, 0.5) is 0 Å². The summed E-state index contributed by atoms with van der Waals surface area (Å²) >= 11 is 0. The summed E-state index contributed by atoms with van der Waals surface area (Å²) in [4.78, 5) is 27.2. The summed E-state index contributed by atoms with van der Waals surface area (Å²) in [6.45, 7) is 0. The van der Waals surface area contributed by atoms with Gasteiger partial charge in [-0.2, -0.15) is 0 Å². The van der Waals surface area contributed by atoms with Crippen molar-refractivity contribution >= 4 is 0 Å². The summed E-state index contributed by atoms with van der Waals surface area (Å²) in [5.74, 6) is 1.94. The molecule has 7 rings (SSSR count). The van der Waals surface area contributed by atoms with Crippen LogP contribution in [0.1, 0.15) is 33.4 Å². The maximum absolute atomic E-state index is 4.96. The van der Waals surface area contributed by atoms with E-state index in [-0.39, 0.29) is 0 Å². The molecule has 45 heavy (non-hydrogen) atoms. The van der Waals surface area contributed by atoms with E-state index < -0.39 is 0 Å². The highest BCUT2D eigenvalue weighted by atomic mass is 15.0. The van der Waals surface area contributed by atoms with E-state index in [1.165, 1.54) is 33.4 Å². The molecule has 0 aliphatic carbocycles. The van der Waals surface area contributed by atoms with Gasteiger partial charge >= 0.3 is 0 Å². The van der Waals surface area contributed by atoms with Crippen molar-refractivity contribution in [1.82, 2.24) is 29.9 Å². The van der Waals surface area contributed by atoms with E-state index >= 15 is 0 Å². The van der Waals surface area contributed by atoms with Gasteiger partial charge in [-0.15, -0.1) is 0 Å². The molecule has 216 valence electrons. The molecule has 0 saturated heterocycles. The molecule has 0 saturated carbocycles. The SMILES string of the molecule is c1cc(Cc2ccc(-c3nc(-c4ccc(Cc5ccncc5)cc4)nc(-c4ccc(Cc5ccncc5)cc4)n3)cc2)ccn1. The van der Waals surface area contributed by atoms with E-state index in [2.05, 4.69) is 87.7 Å². The Morgan fingerprint density at radius 2 is 0.489 bits per heavy atom. The molecular formula is C39H30N6. The van der Waals surface area contributed by atoms with Gasteiger partial charge in [0.25, 0.3) is 0 Å². The van der Waals surface area contributed by atoms with Gasteiger partial charge in [0.15, 0.2) is 17.5 Å². The Bertz CT molecular complexity index is 1730. The molecule has 6 nitrogen and oxygen atoms in total. The minimum atomic E-state index is 0.646. The van der Waals surface area contributed by atoms with Crippen LogP contribution < -0.4 is 0 Å². The number of rotatable bonds is 9. The van der Waals surface area contributed by atoms with Crippen LogP contribution in [0.3, 0.4) is 0 Å². The molecular weight excluding hydrogens is 552 g/mol. The summed E-state index contributed by atoms with van der Waals surface area (Å²) in [7, 11) is 0. The van der Waals surface area contributed by atoms with Crippen LogP contribution in [0, 0.1) is 0 Å². The fourth-order valence-corrected chi connectivity index (χ4v) is 5.29. The molecule has 3 aromatic carbocycles. The maximum Gasteiger partial charge on any atom is 0.164 e. The average molecular weight is 583 g/mol. The van der Waals surface area contributed by atoms with Gasteiger partial charge in [-0.25, -0.2) is 15.0 Å². The summed E-state index contributed by atoms with van der Waals surface area (Å²) in [5, 5.41) is 0. The molecule has 0 amide bonds. The number of benzene rings is 3. The third-order valence-corrected chi connectivity index (χ3v) is 7.74. The molecule has 4 aromatic heterocycles. The van der Waals surface area contributed by atoms with Crippen LogP contribution in [-0.2, 0) is 19.3 Å². The first-order chi connectivity index (χ1) is 22.2. The number of hydrogen-bond donors (Lipinski definition) is 0. The lowest BCUT2D eigenvalue weighted by atomic mass is 10.0. The topological polar surface area (TPSA) is 77.3 Å².